The van der Waals surface area contributed by atoms with Crippen LogP contribution in [0, 0.1) is 0 Å². The van der Waals surface area contributed by atoms with E-state index in [9.17, 15) is 4.79 Å². The Morgan fingerprint density at radius 1 is 1.05 bits per heavy atom. The van der Waals surface area contributed by atoms with Gasteiger partial charge in [0.2, 0.25) is 5.91 Å². The summed E-state index contributed by atoms with van der Waals surface area (Å²) in [6.07, 6.45) is 0.753. The third-order valence-corrected chi connectivity index (χ3v) is 3.21. The highest BCUT2D eigenvalue weighted by atomic mass is 16.2. The van der Waals surface area contributed by atoms with Crippen LogP contribution in [0.15, 0.2) is 60.7 Å². The van der Waals surface area contributed by atoms with E-state index >= 15 is 0 Å². The zero-order valence-electron chi connectivity index (χ0n) is 11.6. The molecule has 0 aromatic heterocycles. The van der Waals surface area contributed by atoms with Crippen LogP contribution in [0.1, 0.15) is 24.1 Å². The molecule has 2 rings (SSSR count). The zero-order valence-corrected chi connectivity index (χ0v) is 11.6. The average Bonchev–Trinajstić information content (AvgIpc) is 2.48. The predicted octanol–water partition coefficient (Wildman–Crippen LogP) is 2.43. The Morgan fingerprint density at radius 3 is 2.15 bits per heavy atom. The number of amides is 1. The molecule has 2 aromatic carbocycles. The summed E-state index contributed by atoms with van der Waals surface area (Å²) in [7, 11) is 0. The molecule has 2 atom stereocenters. The second-order valence-corrected chi connectivity index (χ2v) is 4.95. The quantitative estimate of drug-likeness (QED) is 0.875. The van der Waals surface area contributed by atoms with E-state index in [1.807, 2.05) is 48.5 Å². The van der Waals surface area contributed by atoms with Crippen molar-refractivity contribution in [2.75, 3.05) is 0 Å². The van der Waals surface area contributed by atoms with Crippen LogP contribution in [0.4, 0.5) is 0 Å². The average molecular weight is 268 g/mol. The number of benzene rings is 2. The molecular weight excluding hydrogens is 248 g/mol. The molecule has 0 heterocycles. The highest BCUT2D eigenvalue weighted by Gasteiger charge is 2.17. The minimum Gasteiger partial charge on any atom is -0.348 e. The van der Waals surface area contributed by atoms with Crippen molar-refractivity contribution < 1.29 is 4.79 Å². The maximum absolute atomic E-state index is 11.9. The van der Waals surface area contributed by atoms with Crippen LogP contribution in [0.5, 0.6) is 0 Å². The first-order chi connectivity index (χ1) is 9.66. The molecule has 2 unspecified atom stereocenters. The zero-order chi connectivity index (χ0) is 14.4. The summed E-state index contributed by atoms with van der Waals surface area (Å²) in [6.45, 7) is 1.69. The number of carbonyl (C=O) groups excluding carboxylic acids is 1. The van der Waals surface area contributed by atoms with Gasteiger partial charge in [-0.25, -0.2) is 0 Å². The van der Waals surface area contributed by atoms with E-state index in [0.717, 1.165) is 12.0 Å². The number of hydrogen-bond acceptors (Lipinski definition) is 2. The molecule has 0 radical (unpaired) electrons. The monoisotopic (exact) mass is 268 g/mol. The SMILES string of the molecule is CC(N)C(=O)NC(Cc1ccccc1)c1ccccc1. The minimum atomic E-state index is -0.503. The van der Waals surface area contributed by atoms with Crippen molar-refractivity contribution in [1.29, 1.82) is 0 Å². The van der Waals surface area contributed by atoms with Crippen LogP contribution in [0.25, 0.3) is 0 Å². The van der Waals surface area contributed by atoms with Gasteiger partial charge >= 0.3 is 0 Å². The second kappa shape index (κ2) is 6.87. The van der Waals surface area contributed by atoms with Gasteiger partial charge in [0.15, 0.2) is 0 Å². The normalized spacial score (nSPS) is 13.5. The van der Waals surface area contributed by atoms with E-state index in [-0.39, 0.29) is 11.9 Å². The molecule has 0 saturated carbocycles. The van der Waals surface area contributed by atoms with Gasteiger partial charge in [-0.1, -0.05) is 60.7 Å². The molecule has 0 aliphatic carbocycles. The summed E-state index contributed by atoms with van der Waals surface area (Å²) in [5.41, 5.74) is 7.92. The van der Waals surface area contributed by atoms with Gasteiger partial charge in [0.25, 0.3) is 0 Å². The first kappa shape index (κ1) is 14.3. The third kappa shape index (κ3) is 3.93. The van der Waals surface area contributed by atoms with Gasteiger partial charge in [0, 0.05) is 0 Å². The number of rotatable bonds is 5. The Balaban J connectivity index is 2.18. The lowest BCUT2D eigenvalue weighted by Crippen LogP contribution is -2.40. The smallest absolute Gasteiger partial charge is 0.237 e. The molecular formula is C17H20N2O. The van der Waals surface area contributed by atoms with Crippen molar-refractivity contribution in [2.24, 2.45) is 5.73 Å². The van der Waals surface area contributed by atoms with E-state index in [1.165, 1.54) is 5.56 Å². The molecule has 104 valence electrons. The molecule has 0 spiro atoms. The number of nitrogens with one attached hydrogen (secondary N) is 1. The summed E-state index contributed by atoms with van der Waals surface area (Å²) in [4.78, 5) is 11.9. The third-order valence-electron chi connectivity index (χ3n) is 3.21. The molecule has 0 bridgehead atoms. The fraction of sp³-hybridized carbons (Fsp3) is 0.235. The molecule has 20 heavy (non-hydrogen) atoms. The fourth-order valence-electron chi connectivity index (χ4n) is 2.09. The topological polar surface area (TPSA) is 55.1 Å². The Hall–Kier alpha value is -2.13. The van der Waals surface area contributed by atoms with Crippen LogP contribution < -0.4 is 11.1 Å². The maximum Gasteiger partial charge on any atom is 0.237 e. The van der Waals surface area contributed by atoms with E-state index in [2.05, 4.69) is 17.4 Å². The summed E-state index contributed by atoms with van der Waals surface area (Å²) in [6, 6.07) is 19.5. The minimum absolute atomic E-state index is 0.0582. The van der Waals surface area contributed by atoms with Gasteiger partial charge < -0.3 is 11.1 Å². The van der Waals surface area contributed by atoms with Crippen LogP contribution in [0.2, 0.25) is 0 Å². The van der Waals surface area contributed by atoms with Gasteiger partial charge in [-0.3, -0.25) is 4.79 Å². The van der Waals surface area contributed by atoms with Crippen LogP contribution in [0.3, 0.4) is 0 Å². The van der Waals surface area contributed by atoms with E-state index < -0.39 is 6.04 Å². The van der Waals surface area contributed by atoms with E-state index in [0.29, 0.717) is 0 Å². The Kier molecular flexibility index (Phi) is 4.91. The Labute approximate surface area is 119 Å². The van der Waals surface area contributed by atoms with Crippen LogP contribution in [-0.2, 0) is 11.2 Å². The van der Waals surface area contributed by atoms with E-state index in [1.54, 1.807) is 6.92 Å². The molecule has 0 aliphatic heterocycles. The number of carbonyl (C=O) groups is 1. The number of hydrogen-bond donors (Lipinski definition) is 2. The Bertz CT molecular complexity index is 537. The molecule has 3 nitrogen and oxygen atoms in total. The summed E-state index contributed by atoms with van der Waals surface area (Å²) in [5.74, 6) is -0.130. The van der Waals surface area contributed by atoms with Crippen molar-refractivity contribution in [3.63, 3.8) is 0 Å². The number of nitrogens with two attached hydrogens (primary N) is 1. The maximum atomic E-state index is 11.9. The van der Waals surface area contributed by atoms with Crippen molar-refractivity contribution in [3.8, 4) is 0 Å². The van der Waals surface area contributed by atoms with Crippen molar-refractivity contribution in [3.05, 3.63) is 71.8 Å². The van der Waals surface area contributed by atoms with Crippen molar-refractivity contribution >= 4 is 5.91 Å². The first-order valence-corrected chi connectivity index (χ1v) is 6.81. The first-order valence-electron chi connectivity index (χ1n) is 6.81. The van der Waals surface area contributed by atoms with Gasteiger partial charge in [-0.15, -0.1) is 0 Å². The molecule has 2 aromatic rings. The van der Waals surface area contributed by atoms with Crippen molar-refractivity contribution in [1.82, 2.24) is 5.32 Å². The predicted molar refractivity (Wildman–Crippen MR) is 81.1 cm³/mol. The highest BCUT2D eigenvalue weighted by molar-refractivity contribution is 5.81. The second-order valence-electron chi connectivity index (χ2n) is 4.95. The summed E-state index contributed by atoms with van der Waals surface area (Å²) < 4.78 is 0. The van der Waals surface area contributed by atoms with Gasteiger partial charge in [-0.05, 0) is 24.5 Å². The molecule has 3 N–H and O–H groups in total. The van der Waals surface area contributed by atoms with Gasteiger partial charge in [0.1, 0.15) is 0 Å². The van der Waals surface area contributed by atoms with Gasteiger partial charge in [-0.2, -0.15) is 0 Å². The Morgan fingerprint density at radius 2 is 1.60 bits per heavy atom. The largest absolute Gasteiger partial charge is 0.348 e. The van der Waals surface area contributed by atoms with E-state index in [4.69, 9.17) is 5.73 Å². The summed E-state index contributed by atoms with van der Waals surface area (Å²) in [5, 5.41) is 3.02. The van der Waals surface area contributed by atoms with Crippen molar-refractivity contribution in [2.45, 2.75) is 25.4 Å². The lowest BCUT2D eigenvalue weighted by Gasteiger charge is -2.20. The standard InChI is InChI=1S/C17H20N2O/c1-13(18)17(20)19-16(15-10-6-3-7-11-15)12-14-8-4-2-5-9-14/h2-11,13,16H,12,18H2,1H3,(H,19,20). The van der Waals surface area contributed by atoms with Crippen LogP contribution >= 0.6 is 0 Å². The van der Waals surface area contributed by atoms with Gasteiger partial charge in [0.05, 0.1) is 12.1 Å². The van der Waals surface area contributed by atoms with Crippen LogP contribution in [-0.4, -0.2) is 11.9 Å². The highest BCUT2D eigenvalue weighted by Crippen LogP contribution is 2.18. The molecule has 1 amide bonds. The molecule has 0 fully saturated rings. The molecule has 3 heteroatoms. The molecule has 0 saturated heterocycles. The summed E-state index contributed by atoms with van der Waals surface area (Å²) >= 11 is 0. The lowest BCUT2D eigenvalue weighted by molar-refractivity contribution is -0.122. The lowest BCUT2D eigenvalue weighted by atomic mass is 9.98. The molecule has 0 aliphatic rings. The fourth-order valence-corrected chi connectivity index (χ4v) is 2.09.